The van der Waals surface area contributed by atoms with Crippen LogP contribution in [0, 0.1) is 0 Å². The Labute approximate surface area is 279 Å². The van der Waals surface area contributed by atoms with Crippen molar-refractivity contribution in [1.29, 1.82) is 0 Å². The third kappa shape index (κ3) is 8.28. The molecule has 0 aliphatic heterocycles. The highest BCUT2D eigenvalue weighted by Crippen LogP contribution is 2.67. The molecule has 1 amide bonds. The van der Waals surface area contributed by atoms with E-state index in [0.717, 1.165) is 0 Å². The van der Waals surface area contributed by atoms with Crippen LogP contribution in [0.25, 0.3) is 0 Å². The highest BCUT2D eigenvalue weighted by atomic mass is 32.2. The topological polar surface area (TPSA) is 63.2 Å². The number of carbonyl (C=O) groups excluding carboxylic acids is 1. The summed E-state index contributed by atoms with van der Waals surface area (Å²) in [6.45, 7) is -0.0507. The van der Waals surface area contributed by atoms with E-state index in [0.29, 0.717) is 6.54 Å². The number of hydrogen-bond donors (Lipinski definition) is 1. The van der Waals surface area contributed by atoms with Gasteiger partial charge in [0.15, 0.2) is 9.84 Å². The van der Waals surface area contributed by atoms with E-state index in [9.17, 15) is 123 Å². The first-order valence-corrected chi connectivity index (χ1v) is 14.9. The van der Waals surface area contributed by atoms with Crippen molar-refractivity contribution in [3.8, 4) is 0 Å². The Morgan fingerprint density at radius 3 is 1.06 bits per heavy atom. The number of amides is 1. The van der Waals surface area contributed by atoms with Crippen molar-refractivity contribution in [2.45, 2.75) is 84.2 Å². The van der Waals surface area contributed by atoms with Gasteiger partial charge in [0.2, 0.25) is 5.91 Å². The first kappa shape index (κ1) is 50.6. The molecule has 0 aromatic heterocycles. The van der Waals surface area contributed by atoms with Crippen LogP contribution in [0.3, 0.4) is 0 Å². The highest BCUT2D eigenvalue weighted by molar-refractivity contribution is 7.92. The summed E-state index contributed by atoms with van der Waals surface area (Å²) in [6, 6.07) is 0. The van der Waals surface area contributed by atoms with Crippen LogP contribution in [-0.4, -0.2) is 136 Å². The lowest BCUT2D eigenvalue weighted by atomic mass is 9.84. The van der Waals surface area contributed by atoms with Crippen LogP contribution in [0.4, 0.5) is 110 Å². The fourth-order valence-corrected chi connectivity index (χ4v) is 4.74. The molecule has 0 spiro atoms. The van der Waals surface area contributed by atoms with Crippen molar-refractivity contribution in [3.05, 3.63) is 0 Å². The van der Waals surface area contributed by atoms with E-state index in [1.165, 1.54) is 0 Å². The summed E-state index contributed by atoms with van der Waals surface area (Å²) in [4.78, 5) is 11.7. The predicted molar refractivity (Wildman–Crippen MR) is 124 cm³/mol. The smallest absolute Gasteiger partial charge is 0.355 e. The van der Waals surface area contributed by atoms with Crippen LogP contribution in [0.5, 0.6) is 0 Å². The number of quaternary nitrogens is 1. The average Bonchev–Trinajstić information content (AvgIpc) is 2.91. The Kier molecular flexibility index (Phi) is 13.4. The Hall–Kier alpha value is -2.37. The second-order valence-electron chi connectivity index (χ2n) is 12.0. The van der Waals surface area contributed by atoms with E-state index >= 15 is 0 Å². The maximum absolute atomic E-state index is 14.1. The zero-order valence-corrected chi connectivity index (χ0v) is 26.6. The molecule has 318 valence electrons. The molecule has 0 saturated heterocycles. The van der Waals surface area contributed by atoms with E-state index in [4.69, 9.17) is 0 Å². The monoisotopic (exact) mass is 869 g/mol. The van der Waals surface area contributed by atoms with Gasteiger partial charge in [0.25, 0.3) is 0 Å². The molecule has 53 heavy (non-hydrogen) atoms. The Morgan fingerprint density at radius 1 is 0.491 bits per heavy atom. The SMILES string of the molecule is C[N+](C)(C)CCCNC(=O)CS(=O)(=O)CCC(F)(F)C(F)(F)C(F)(F)C(F)(F)C(F)(F)C(F)(F)C(F)(F)C(F)(F)C(F)(F)C(F)(F)C(F)(F)C(F)(F)F. The number of nitrogens with zero attached hydrogens (tertiary/aromatic N) is 1. The molecule has 0 heterocycles. The van der Waals surface area contributed by atoms with E-state index in [1.54, 1.807) is 21.1 Å². The van der Waals surface area contributed by atoms with Gasteiger partial charge in [-0.05, 0) is 0 Å². The molecular weight excluding hydrogens is 847 g/mol. The Balaban J connectivity index is 6.75. The first-order chi connectivity index (χ1) is 22.6. The fraction of sp³-hybridized carbons (Fsp3) is 0.955. The maximum Gasteiger partial charge on any atom is 0.460 e. The summed E-state index contributed by atoms with van der Waals surface area (Å²) in [5, 5.41) is 1.84. The second kappa shape index (κ2) is 14.0. The average molecular weight is 869 g/mol. The van der Waals surface area contributed by atoms with Gasteiger partial charge in [-0.25, -0.2) is 8.42 Å². The van der Waals surface area contributed by atoms with Crippen LogP contribution in [-0.2, 0) is 14.6 Å². The van der Waals surface area contributed by atoms with Crippen molar-refractivity contribution in [1.82, 2.24) is 5.32 Å². The summed E-state index contributed by atoms with van der Waals surface area (Å²) < 4.78 is 363. The first-order valence-electron chi connectivity index (χ1n) is 13.1. The van der Waals surface area contributed by atoms with Crippen LogP contribution < -0.4 is 5.32 Å². The molecule has 0 atom stereocenters. The van der Waals surface area contributed by atoms with Crippen LogP contribution in [0.1, 0.15) is 12.8 Å². The molecule has 0 aromatic rings. The number of halogens is 25. The third-order valence-corrected chi connectivity index (χ3v) is 8.30. The number of alkyl halides is 25. The minimum atomic E-state index is -9.70. The number of nitrogens with one attached hydrogen (secondary N) is 1. The molecule has 0 bridgehead atoms. The minimum absolute atomic E-state index is 0.0963. The molecular formula is C22H22F25N2O3S+. The summed E-state index contributed by atoms with van der Waals surface area (Å²) in [5.74, 6) is -106. The molecule has 0 aliphatic carbocycles. The quantitative estimate of drug-likeness (QED) is 0.0830. The molecule has 31 heteroatoms. The molecule has 0 aliphatic rings. The molecule has 1 N–H and O–H groups in total. The lowest BCUT2D eigenvalue weighted by Crippen LogP contribution is -2.78. The second-order valence-corrected chi connectivity index (χ2v) is 14.2. The third-order valence-electron chi connectivity index (χ3n) is 6.77. The van der Waals surface area contributed by atoms with Gasteiger partial charge >= 0.3 is 71.3 Å². The number of carbonyl (C=O) groups is 1. The standard InChI is InChI=1S/C22H21F25N2O3S/c1-49(2,3)7-4-6-48-10(50)9-53(51,52)8-5-11(23,24)12(25,26)13(27,28)14(29,30)15(31,32)16(33,34)17(35,36)18(37,38)19(39,40)20(41,42)21(43,44)22(45,46)47/h4-9H2,1-3H3/p+1. The van der Waals surface area contributed by atoms with Crippen LogP contribution in [0.15, 0.2) is 0 Å². The minimum Gasteiger partial charge on any atom is -0.355 e. The summed E-state index contributed by atoms with van der Waals surface area (Å²) >= 11 is 0. The Bertz CT molecular complexity index is 1420. The van der Waals surface area contributed by atoms with Gasteiger partial charge in [-0.15, -0.1) is 0 Å². The van der Waals surface area contributed by atoms with Gasteiger partial charge in [-0.2, -0.15) is 110 Å². The summed E-state index contributed by atoms with van der Waals surface area (Å²) in [5.41, 5.74) is 0. The number of sulfone groups is 1. The number of hydrogen-bond acceptors (Lipinski definition) is 3. The predicted octanol–water partition coefficient (Wildman–Crippen LogP) is 7.55. The van der Waals surface area contributed by atoms with E-state index in [1.807, 2.05) is 5.32 Å². The van der Waals surface area contributed by atoms with Crippen LogP contribution >= 0.6 is 0 Å². The van der Waals surface area contributed by atoms with Crippen molar-refractivity contribution < 1.29 is 127 Å². The molecule has 0 unspecified atom stereocenters. The zero-order valence-electron chi connectivity index (χ0n) is 25.8. The van der Waals surface area contributed by atoms with E-state index in [-0.39, 0.29) is 17.4 Å². The highest BCUT2D eigenvalue weighted by Gasteiger charge is 2.99. The Morgan fingerprint density at radius 2 is 0.774 bits per heavy atom. The van der Waals surface area contributed by atoms with Gasteiger partial charge < -0.3 is 9.80 Å². The molecule has 5 nitrogen and oxygen atoms in total. The molecule has 0 aromatic carbocycles. The van der Waals surface area contributed by atoms with Gasteiger partial charge in [0.05, 0.1) is 33.4 Å². The summed E-state index contributed by atoms with van der Waals surface area (Å²) in [7, 11) is -0.633. The van der Waals surface area contributed by atoms with Gasteiger partial charge in [0, 0.05) is 19.4 Å². The zero-order chi connectivity index (χ0) is 43.5. The van der Waals surface area contributed by atoms with E-state index in [2.05, 4.69) is 0 Å². The summed E-state index contributed by atoms with van der Waals surface area (Å²) in [6.07, 6.45) is -11.6. The molecule has 0 fully saturated rings. The van der Waals surface area contributed by atoms with Crippen molar-refractivity contribution >= 4 is 15.7 Å². The van der Waals surface area contributed by atoms with E-state index < -0.39 is 105 Å². The number of rotatable bonds is 19. The normalized spacial score (nSPS) is 16.2. The lowest BCUT2D eigenvalue weighted by Gasteiger charge is -2.45. The van der Waals surface area contributed by atoms with Gasteiger partial charge in [0.1, 0.15) is 5.75 Å². The van der Waals surface area contributed by atoms with Gasteiger partial charge in [-0.3, -0.25) is 4.79 Å². The lowest BCUT2D eigenvalue weighted by molar-refractivity contribution is -0.870. The van der Waals surface area contributed by atoms with Crippen molar-refractivity contribution in [2.75, 3.05) is 45.7 Å². The van der Waals surface area contributed by atoms with Crippen molar-refractivity contribution in [3.63, 3.8) is 0 Å². The molecule has 0 saturated carbocycles. The van der Waals surface area contributed by atoms with Crippen molar-refractivity contribution in [2.24, 2.45) is 0 Å². The van der Waals surface area contributed by atoms with Gasteiger partial charge in [-0.1, -0.05) is 0 Å². The fourth-order valence-electron chi connectivity index (χ4n) is 3.53. The largest absolute Gasteiger partial charge is 0.460 e. The molecule has 0 radical (unpaired) electrons. The maximum atomic E-state index is 14.1. The van der Waals surface area contributed by atoms with Crippen LogP contribution in [0.2, 0.25) is 0 Å². The molecule has 0 rings (SSSR count).